The van der Waals surface area contributed by atoms with Crippen LogP contribution in [0.1, 0.15) is 18.9 Å². The van der Waals surface area contributed by atoms with Crippen molar-refractivity contribution in [3.8, 4) is 0 Å². The number of aromatic nitrogens is 2. The van der Waals surface area contributed by atoms with E-state index in [4.69, 9.17) is 14.4 Å². The first kappa shape index (κ1) is 15.4. The van der Waals surface area contributed by atoms with E-state index in [-0.39, 0.29) is 0 Å². The van der Waals surface area contributed by atoms with E-state index in [2.05, 4.69) is 16.9 Å². The van der Waals surface area contributed by atoms with Crippen LogP contribution in [0.3, 0.4) is 0 Å². The summed E-state index contributed by atoms with van der Waals surface area (Å²) in [7, 11) is -3.13. The van der Waals surface area contributed by atoms with Crippen molar-refractivity contribution >= 4 is 19.3 Å². The summed E-state index contributed by atoms with van der Waals surface area (Å²) in [6.45, 7) is 2.07. The molecule has 1 aromatic carbocycles. The highest BCUT2D eigenvalue weighted by molar-refractivity contribution is 7.30. The van der Waals surface area contributed by atoms with Gasteiger partial charge in [-0.25, -0.2) is 0 Å². The van der Waals surface area contributed by atoms with Crippen molar-refractivity contribution in [2.24, 2.45) is 0 Å². The maximum atomic E-state index is 11.2. The molecule has 0 atom stereocenters. The smallest absolute Gasteiger partial charge is 0.314 e. The van der Waals surface area contributed by atoms with Gasteiger partial charge in [-0.2, -0.15) is 0 Å². The molecule has 104 valence electrons. The van der Waals surface area contributed by atoms with Gasteiger partial charge in [0.1, 0.15) is 0 Å². The lowest BCUT2D eigenvalue weighted by molar-refractivity contribution is 0.405. The molecule has 0 saturated carbocycles. The van der Waals surface area contributed by atoms with Gasteiger partial charge in [0.2, 0.25) is 0 Å². The van der Waals surface area contributed by atoms with Crippen LogP contribution in [0.2, 0.25) is 0 Å². The maximum Gasteiger partial charge on any atom is 0.314 e. The quantitative estimate of drug-likeness (QED) is 0.473. The standard InChI is InChI=1S/C11H12N2O2.H3O3P/c1-2-4-7-5-3-6-8-9(7)13-11(15)10(14)12-8;1-4(2)3/h3,5-6H,2,4H2,1H3,(H,12,14)(H,13,15);4H,(H2,1,2,3). The van der Waals surface area contributed by atoms with Crippen molar-refractivity contribution in [3.63, 3.8) is 0 Å². The minimum atomic E-state index is -3.13. The minimum absolute atomic E-state index is 0.592. The lowest BCUT2D eigenvalue weighted by Gasteiger charge is -2.03. The van der Waals surface area contributed by atoms with E-state index in [0.717, 1.165) is 23.9 Å². The highest BCUT2D eigenvalue weighted by Crippen LogP contribution is 2.13. The van der Waals surface area contributed by atoms with E-state index < -0.39 is 19.4 Å². The second-order valence-corrected chi connectivity index (χ2v) is 4.35. The zero-order chi connectivity index (χ0) is 14.4. The molecule has 1 aromatic heterocycles. The Morgan fingerprint density at radius 3 is 2.32 bits per heavy atom. The van der Waals surface area contributed by atoms with Crippen LogP contribution in [0.15, 0.2) is 27.8 Å². The Labute approximate surface area is 108 Å². The summed E-state index contributed by atoms with van der Waals surface area (Å²) in [5.74, 6) is 0. The van der Waals surface area contributed by atoms with Crippen LogP contribution in [0.5, 0.6) is 0 Å². The van der Waals surface area contributed by atoms with Gasteiger partial charge in [0.05, 0.1) is 11.0 Å². The highest BCUT2D eigenvalue weighted by Gasteiger charge is 2.03. The Kier molecular flexibility index (Phi) is 5.69. The number of nitrogens with one attached hydrogen (secondary N) is 2. The second kappa shape index (κ2) is 7.04. The van der Waals surface area contributed by atoms with Crippen molar-refractivity contribution in [1.29, 1.82) is 0 Å². The first-order valence-corrected chi connectivity index (χ1v) is 6.92. The van der Waals surface area contributed by atoms with Gasteiger partial charge in [0.15, 0.2) is 0 Å². The Balaban J connectivity index is 0.000000399. The van der Waals surface area contributed by atoms with Crippen molar-refractivity contribution < 1.29 is 14.4 Å². The molecule has 2 rings (SSSR count). The molecule has 1 heterocycles. The number of aromatic amines is 2. The normalized spacial score (nSPS) is 10.3. The molecule has 4 N–H and O–H groups in total. The number of para-hydroxylation sites is 1. The van der Waals surface area contributed by atoms with Crippen molar-refractivity contribution in [1.82, 2.24) is 9.97 Å². The summed E-state index contributed by atoms with van der Waals surface area (Å²) in [6.07, 6.45) is 1.89. The summed E-state index contributed by atoms with van der Waals surface area (Å²) in [6, 6.07) is 5.62. The largest absolute Gasteiger partial charge is 0.326 e. The molecule has 2 aromatic rings. The van der Waals surface area contributed by atoms with Gasteiger partial charge in [-0.05, 0) is 18.1 Å². The third-order valence-corrected chi connectivity index (χ3v) is 2.36. The van der Waals surface area contributed by atoms with Crippen LogP contribution in [0, 0.1) is 0 Å². The maximum absolute atomic E-state index is 11.2. The van der Waals surface area contributed by atoms with Gasteiger partial charge in [-0.15, -0.1) is 0 Å². The van der Waals surface area contributed by atoms with Crippen molar-refractivity contribution in [2.75, 3.05) is 0 Å². The number of rotatable bonds is 2. The Bertz CT molecular complexity index is 687. The van der Waals surface area contributed by atoms with Gasteiger partial charge in [0, 0.05) is 0 Å². The number of hydrogen-bond acceptors (Lipinski definition) is 3. The molecule has 0 spiro atoms. The third kappa shape index (κ3) is 4.48. The molecule has 0 bridgehead atoms. The summed E-state index contributed by atoms with van der Waals surface area (Å²) in [5.41, 5.74) is 1.29. The molecule has 19 heavy (non-hydrogen) atoms. The highest BCUT2D eigenvalue weighted by atomic mass is 31.1. The van der Waals surface area contributed by atoms with Gasteiger partial charge in [0.25, 0.3) is 0 Å². The van der Waals surface area contributed by atoms with Gasteiger partial charge in [-0.1, -0.05) is 25.5 Å². The van der Waals surface area contributed by atoms with Crippen LogP contribution in [-0.2, 0) is 11.0 Å². The Morgan fingerprint density at radius 2 is 1.74 bits per heavy atom. The Hall–Kier alpha value is -1.69. The van der Waals surface area contributed by atoms with E-state index in [1.807, 2.05) is 12.1 Å². The summed E-state index contributed by atoms with van der Waals surface area (Å²) >= 11 is 0. The number of hydrogen-bond donors (Lipinski definition) is 4. The van der Waals surface area contributed by atoms with Gasteiger partial charge in [-0.3, -0.25) is 14.2 Å². The average molecular weight is 286 g/mol. The van der Waals surface area contributed by atoms with Crippen molar-refractivity contribution in [2.45, 2.75) is 19.8 Å². The molecule has 0 aliphatic heterocycles. The van der Waals surface area contributed by atoms with E-state index in [1.165, 1.54) is 0 Å². The van der Waals surface area contributed by atoms with E-state index >= 15 is 0 Å². The molecule has 0 unspecified atom stereocenters. The number of H-pyrrole nitrogens is 2. The Morgan fingerprint density at radius 1 is 1.16 bits per heavy atom. The topological polar surface area (TPSA) is 123 Å². The zero-order valence-electron chi connectivity index (χ0n) is 10.3. The van der Waals surface area contributed by atoms with Gasteiger partial charge >= 0.3 is 19.4 Å². The first-order valence-electron chi connectivity index (χ1n) is 5.61. The molecule has 7 nitrogen and oxygen atoms in total. The molecule has 0 fully saturated rings. The van der Waals surface area contributed by atoms with Crippen LogP contribution in [0.4, 0.5) is 0 Å². The van der Waals surface area contributed by atoms with E-state index in [0.29, 0.717) is 5.52 Å². The molecule has 0 aliphatic carbocycles. The zero-order valence-corrected chi connectivity index (χ0v) is 11.3. The van der Waals surface area contributed by atoms with Crippen molar-refractivity contribution in [3.05, 3.63) is 44.5 Å². The monoisotopic (exact) mass is 286 g/mol. The number of benzene rings is 1. The summed E-state index contributed by atoms with van der Waals surface area (Å²) in [4.78, 5) is 41.8. The number of fused-ring (bicyclic) bond motifs is 1. The van der Waals surface area contributed by atoms with E-state index in [1.54, 1.807) is 6.07 Å². The fourth-order valence-electron chi connectivity index (χ4n) is 1.68. The molecule has 0 radical (unpaired) electrons. The molecule has 0 aliphatic rings. The summed E-state index contributed by atoms with van der Waals surface area (Å²) in [5, 5.41) is 0. The molecular weight excluding hydrogens is 271 g/mol. The molecule has 0 saturated heterocycles. The first-order chi connectivity index (χ1) is 8.95. The lowest BCUT2D eigenvalue weighted by Crippen LogP contribution is -2.29. The number of aryl methyl sites for hydroxylation is 1. The third-order valence-electron chi connectivity index (χ3n) is 2.36. The van der Waals surface area contributed by atoms with Gasteiger partial charge < -0.3 is 19.8 Å². The molecule has 0 amide bonds. The lowest BCUT2D eigenvalue weighted by atomic mass is 10.1. The molecular formula is C11H15N2O5P. The van der Waals surface area contributed by atoms with Crippen LogP contribution in [-0.4, -0.2) is 19.8 Å². The minimum Gasteiger partial charge on any atom is -0.326 e. The SMILES string of the molecule is CCCc1cccc2[nH]c(=O)c(=O)[nH]c12.O=[PH](O)O. The second-order valence-electron chi connectivity index (χ2n) is 3.78. The molecule has 8 heteroatoms. The van der Waals surface area contributed by atoms with Crippen LogP contribution >= 0.6 is 8.25 Å². The van der Waals surface area contributed by atoms with Crippen LogP contribution in [0.25, 0.3) is 11.0 Å². The fraction of sp³-hybridized carbons (Fsp3) is 0.273. The average Bonchev–Trinajstić information content (AvgIpc) is 2.31. The predicted molar refractivity (Wildman–Crippen MR) is 72.6 cm³/mol. The van der Waals surface area contributed by atoms with E-state index in [9.17, 15) is 9.59 Å². The fourth-order valence-corrected chi connectivity index (χ4v) is 1.68. The summed E-state index contributed by atoms with van der Waals surface area (Å²) < 4.78 is 8.74. The predicted octanol–water partition coefficient (Wildman–Crippen LogP) is 0.530. The van der Waals surface area contributed by atoms with Crippen LogP contribution < -0.4 is 11.1 Å².